The lowest BCUT2D eigenvalue weighted by Crippen LogP contribution is -2.49. The van der Waals surface area contributed by atoms with Crippen molar-refractivity contribution in [3.8, 4) is 0 Å². The van der Waals surface area contributed by atoms with Gasteiger partial charge in [-0.05, 0) is 19.3 Å². The fourth-order valence-corrected chi connectivity index (χ4v) is 2.65. The lowest BCUT2D eigenvalue weighted by molar-refractivity contribution is -0.149. The molecule has 0 bridgehead atoms. The summed E-state index contributed by atoms with van der Waals surface area (Å²) in [5.41, 5.74) is 5.79. The van der Waals surface area contributed by atoms with Gasteiger partial charge in [0.2, 0.25) is 5.91 Å². The topological polar surface area (TPSA) is 83.6 Å². The molecule has 1 fully saturated rings. The van der Waals surface area contributed by atoms with Crippen LogP contribution in [0.3, 0.4) is 0 Å². The highest BCUT2D eigenvalue weighted by Crippen LogP contribution is 2.29. The van der Waals surface area contributed by atoms with E-state index in [2.05, 4.69) is 0 Å². The highest BCUT2D eigenvalue weighted by molar-refractivity contribution is 5.84. The van der Waals surface area contributed by atoms with E-state index in [0.29, 0.717) is 6.42 Å². The van der Waals surface area contributed by atoms with Gasteiger partial charge in [0.25, 0.3) is 0 Å². The van der Waals surface area contributed by atoms with Gasteiger partial charge in [-0.1, -0.05) is 26.2 Å². The Hall–Kier alpha value is -1.10. The molecule has 3 N–H and O–H groups in total. The fourth-order valence-electron chi connectivity index (χ4n) is 2.65. The van der Waals surface area contributed by atoms with E-state index in [-0.39, 0.29) is 12.3 Å². The van der Waals surface area contributed by atoms with Crippen LogP contribution in [-0.4, -0.2) is 40.5 Å². The number of hydrogen-bond donors (Lipinski definition) is 2. The zero-order chi connectivity index (χ0) is 13.8. The van der Waals surface area contributed by atoms with Gasteiger partial charge in [0, 0.05) is 19.0 Å². The highest BCUT2D eigenvalue weighted by atomic mass is 16.4. The van der Waals surface area contributed by atoms with E-state index in [1.165, 1.54) is 11.3 Å². The lowest BCUT2D eigenvalue weighted by atomic mass is 9.80. The number of carbonyl (C=O) groups is 2. The van der Waals surface area contributed by atoms with Gasteiger partial charge in [-0.25, -0.2) is 4.79 Å². The number of carbonyl (C=O) groups excluding carboxylic acids is 1. The summed E-state index contributed by atoms with van der Waals surface area (Å²) in [5, 5.41) is 9.04. The van der Waals surface area contributed by atoms with Crippen molar-refractivity contribution in [3.63, 3.8) is 0 Å². The van der Waals surface area contributed by atoms with Crippen LogP contribution < -0.4 is 5.73 Å². The number of aliphatic carboxylic acids is 1. The minimum atomic E-state index is -0.955. The Balaban J connectivity index is 2.60. The van der Waals surface area contributed by atoms with Crippen LogP contribution in [0, 0.1) is 0 Å². The molecule has 0 saturated heterocycles. The number of hydrogen-bond acceptors (Lipinski definition) is 3. The molecule has 1 amide bonds. The van der Waals surface area contributed by atoms with Gasteiger partial charge in [0.15, 0.2) is 0 Å². The second kappa shape index (κ2) is 6.18. The minimum Gasteiger partial charge on any atom is -0.480 e. The van der Waals surface area contributed by atoms with Gasteiger partial charge < -0.3 is 15.7 Å². The van der Waals surface area contributed by atoms with Crippen LogP contribution in [0.25, 0.3) is 0 Å². The molecule has 1 rings (SSSR count). The molecule has 5 heteroatoms. The average molecular weight is 256 g/mol. The van der Waals surface area contributed by atoms with Crippen molar-refractivity contribution in [2.75, 3.05) is 7.05 Å². The van der Waals surface area contributed by atoms with Crippen LogP contribution in [0.1, 0.15) is 51.9 Å². The Morgan fingerprint density at radius 1 is 1.33 bits per heavy atom. The molecule has 0 aromatic carbocycles. The van der Waals surface area contributed by atoms with Crippen LogP contribution in [-0.2, 0) is 9.59 Å². The van der Waals surface area contributed by atoms with Crippen molar-refractivity contribution in [3.05, 3.63) is 0 Å². The van der Waals surface area contributed by atoms with E-state index in [9.17, 15) is 9.59 Å². The van der Waals surface area contributed by atoms with Gasteiger partial charge >= 0.3 is 5.97 Å². The summed E-state index contributed by atoms with van der Waals surface area (Å²) in [4.78, 5) is 24.5. The van der Waals surface area contributed by atoms with Crippen LogP contribution in [0.5, 0.6) is 0 Å². The molecule has 18 heavy (non-hydrogen) atoms. The summed E-state index contributed by atoms with van der Waals surface area (Å²) in [7, 11) is 1.55. The predicted molar refractivity (Wildman–Crippen MR) is 69.1 cm³/mol. The molecule has 0 radical (unpaired) electrons. The van der Waals surface area contributed by atoms with E-state index in [1.807, 2.05) is 0 Å². The molecular formula is C13H24N2O3. The van der Waals surface area contributed by atoms with Crippen molar-refractivity contribution >= 4 is 11.9 Å². The van der Waals surface area contributed by atoms with Gasteiger partial charge in [-0.3, -0.25) is 4.79 Å². The SMILES string of the molecule is CCC(C(=O)O)N(C)C(=O)CC1(N)CCCCC1. The molecule has 1 saturated carbocycles. The predicted octanol–water partition coefficient (Wildman–Crippen LogP) is 1.36. The third-order valence-electron chi connectivity index (χ3n) is 3.89. The summed E-state index contributed by atoms with van der Waals surface area (Å²) < 4.78 is 0. The number of nitrogens with two attached hydrogens (primary N) is 1. The second-order valence-electron chi connectivity index (χ2n) is 5.37. The van der Waals surface area contributed by atoms with Crippen molar-refractivity contribution < 1.29 is 14.7 Å². The van der Waals surface area contributed by atoms with E-state index < -0.39 is 17.6 Å². The summed E-state index contributed by atoms with van der Waals surface area (Å²) in [5.74, 6) is -1.11. The third kappa shape index (κ3) is 3.70. The molecule has 5 nitrogen and oxygen atoms in total. The Morgan fingerprint density at radius 2 is 1.89 bits per heavy atom. The van der Waals surface area contributed by atoms with Crippen molar-refractivity contribution in [2.45, 2.75) is 63.5 Å². The van der Waals surface area contributed by atoms with E-state index in [1.54, 1.807) is 14.0 Å². The lowest BCUT2D eigenvalue weighted by Gasteiger charge is -2.35. The van der Waals surface area contributed by atoms with Crippen molar-refractivity contribution in [2.24, 2.45) is 5.73 Å². The number of carboxylic acids is 1. The molecule has 104 valence electrons. The number of nitrogens with zero attached hydrogens (tertiary/aromatic N) is 1. The maximum atomic E-state index is 12.1. The first-order chi connectivity index (χ1) is 8.39. The molecule has 0 aromatic heterocycles. The minimum absolute atomic E-state index is 0.159. The molecule has 1 unspecified atom stereocenters. The average Bonchev–Trinajstić information content (AvgIpc) is 2.29. The maximum Gasteiger partial charge on any atom is 0.326 e. The smallest absolute Gasteiger partial charge is 0.326 e. The van der Waals surface area contributed by atoms with Gasteiger partial charge in [-0.15, -0.1) is 0 Å². The molecular weight excluding hydrogens is 232 g/mol. The van der Waals surface area contributed by atoms with E-state index in [0.717, 1.165) is 25.7 Å². The largest absolute Gasteiger partial charge is 0.480 e. The monoisotopic (exact) mass is 256 g/mol. The molecule has 0 aliphatic heterocycles. The maximum absolute atomic E-state index is 12.1. The van der Waals surface area contributed by atoms with E-state index in [4.69, 9.17) is 10.8 Å². The molecule has 0 heterocycles. The number of rotatable bonds is 5. The van der Waals surface area contributed by atoms with Crippen molar-refractivity contribution in [1.82, 2.24) is 4.90 Å². The Labute approximate surface area is 108 Å². The normalized spacial score (nSPS) is 20.2. The first-order valence-electron chi connectivity index (χ1n) is 6.67. The van der Waals surface area contributed by atoms with Crippen LogP contribution in [0.15, 0.2) is 0 Å². The zero-order valence-electron chi connectivity index (χ0n) is 11.3. The Kier molecular flexibility index (Phi) is 5.14. The van der Waals surface area contributed by atoms with Gasteiger partial charge in [0.1, 0.15) is 6.04 Å². The van der Waals surface area contributed by atoms with Crippen LogP contribution >= 0.6 is 0 Å². The number of amides is 1. The Morgan fingerprint density at radius 3 is 2.33 bits per heavy atom. The van der Waals surface area contributed by atoms with Crippen LogP contribution in [0.2, 0.25) is 0 Å². The summed E-state index contributed by atoms with van der Waals surface area (Å²) in [6.45, 7) is 1.77. The molecule has 1 aliphatic rings. The van der Waals surface area contributed by atoms with Gasteiger partial charge in [0.05, 0.1) is 0 Å². The first-order valence-corrected chi connectivity index (χ1v) is 6.67. The second-order valence-corrected chi connectivity index (χ2v) is 5.37. The number of carboxylic acid groups (broad SMARTS) is 1. The van der Waals surface area contributed by atoms with Gasteiger partial charge in [-0.2, -0.15) is 0 Å². The van der Waals surface area contributed by atoms with E-state index >= 15 is 0 Å². The van der Waals surface area contributed by atoms with Crippen LogP contribution in [0.4, 0.5) is 0 Å². The molecule has 0 spiro atoms. The standard InChI is InChI=1S/C13H24N2O3/c1-3-10(12(17)18)15(2)11(16)9-13(14)7-5-4-6-8-13/h10H,3-9,14H2,1-2H3,(H,17,18). The number of likely N-dealkylation sites (N-methyl/N-ethyl adjacent to an activating group) is 1. The van der Waals surface area contributed by atoms with Crippen molar-refractivity contribution in [1.29, 1.82) is 0 Å². The molecule has 1 atom stereocenters. The summed E-state index contributed by atoms with van der Waals surface area (Å²) in [6.07, 6.45) is 5.68. The quantitative estimate of drug-likeness (QED) is 0.778. The Bertz CT molecular complexity index is 311. The fraction of sp³-hybridized carbons (Fsp3) is 0.846. The molecule has 0 aromatic rings. The summed E-state index contributed by atoms with van der Waals surface area (Å²) >= 11 is 0. The molecule has 1 aliphatic carbocycles. The summed E-state index contributed by atoms with van der Waals surface area (Å²) in [6, 6.07) is -0.746. The zero-order valence-corrected chi connectivity index (χ0v) is 11.3. The first kappa shape index (κ1) is 15.0. The highest BCUT2D eigenvalue weighted by Gasteiger charge is 2.33. The third-order valence-corrected chi connectivity index (χ3v) is 3.89.